The Bertz CT molecular complexity index is 614. The molecule has 0 spiro atoms. The summed E-state index contributed by atoms with van der Waals surface area (Å²) < 4.78 is 0. The number of aromatic amines is 1. The van der Waals surface area contributed by atoms with Crippen LogP contribution in [0.2, 0.25) is 0 Å². The van der Waals surface area contributed by atoms with Crippen LogP contribution in [0.5, 0.6) is 0 Å². The first-order valence-corrected chi connectivity index (χ1v) is 7.03. The molecule has 0 radical (unpaired) electrons. The van der Waals surface area contributed by atoms with E-state index >= 15 is 0 Å². The van der Waals surface area contributed by atoms with E-state index < -0.39 is 5.60 Å². The lowest BCUT2D eigenvalue weighted by molar-refractivity contribution is -0.0246. The van der Waals surface area contributed by atoms with Gasteiger partial charge in [0.15, 0.2) is 5.82 Å². The molecule has 1 saturated heterocycles. The number of aromatic nitrogens is 3. The molecule has 6 heteroatoms. The Morgan fingerprint density at radius 1 is 1.33 bits per heavy atom. The molecule has 2 aromatic heterocycles. The Morgan fingerprint density at radius 3 is 2.67 bits per heavy atom. The van der Waals surface area contributed by atoms with Crippen LogP contribution in [0.25, 0.3) is 0 Å². The first-order valence-electron chi connectivity index (χ1n) is 7.03. The van der Waals surface area contributed by atoms with Crippen molar-refractivity contribution < 1.29 is 9.90 Å². The van der Waals surface area contributed by atoms with Gasteiger partial charge in [0, 0.05) is 31.7 Å². The van der Waals surface area contributed by atoms with Gasteiger partial charge in [-0.1, -0.05) is 6.07 Å². The van der Waals surface area contributed by atoms with Crippen LogP contribution in [0, 0.1) is 6.92 Å². The highest BCUT2D eigenvalue weighted by molar-refractivity contribution is 5.90. The molecular weight excluding hydrogens is 268 g/mol. The number of imidazole rings is 1. The largest absolute Gasteiger partial charge is 0.383 e. The topological polar surface area (TPSA) is 82.1 Å². The molecule has 0 unspecified atom stereocenters. The van der Waals surface area contributed by atoms with Crippen LogP contribution < -0.4 is 0 Å². The number of pyridine rings is 1. The van der Waals surface area contributed by atoms with E-state index in [2.05, 4.69) is 15.0 Å². The van der Waals surface area contributed by atoms with Crippen molar-refractivity contribution in [3.63, 3.8) is 0 Å². The van der Waals surface area contributed by atoms with Crippen LogP contribution in [0.3, 0.4) is 0 Å². The molecule has 1 aliphatic rings. The van der Waals surface area contributed by atoms with Crippen molar-refractivity contribution in [1.29, 1.82) is 0 Å². The maximum atomic E-state index is 12.2. The number of piperidine rings is 1. The average molecular weight is 286 g/mol. The van der Waals surface area contributed by atoms with Crippen LogP contribution in [-0.2, 0) is 5.60 Å². The molecule has 110 valence electrons. The van der Waals surface area contributed by atoms with Gasteiger partial charge < -0.3 is 15.0 Å². The summed E-state index contributed by atoms with van der Waals surface area (Å²) in [7, 11) is 0. The Morgan fingerprint density at radius 2 is 2.10 bits per heavy atom. The zero-order chi connectivity index (χ0) is 14.9. The maximum Gasteiger partial charge on any atom is 0.289 e. The zero-order valence-corrected chi connectivity index (χ0v) is 11.9. The predicted octanol–water partition coefficient (Wildman–Crippen LogP) is 1.24. The molecule has 3 rings (SSSR count). The van der Waals surface area contributed by atoms with Crippen molar-refractivity contribution in [2.75, 3.05) is 13.1 Å². The highest BCUT2D eigenvalue weighted by atomic mass is 16.3. The van der Waals surface area contributed by atoms with Crippen molar-refractivity contribution in [3.05, 3.63) is 47.8 Å². The molecule has 0 bridgehead atoms. The lowest BCUT2D eigenvalue weighted by Gasteiger charge is -2.37. The molecule has 2 aromatic rings. The number of aliphatic hydroxyl groups is 1. The fourth-order valence-corrected chi connectivity index (χ4v) is 2.61. The lowest BCUT2D eigenvalue weighted by atomic mass is 9.87. The monoisotopic (exact) mass is 286 g/mol. The Balaban J connectivity index is 1.69. The van der Waals surface area contributed by atoms with E-state index in [9.17, 15) is 9.90 Å². The van der Waals surface area contributed by atoms with Crippen LogP contribution in [0.15, 0.2) is 30.7 Å². The van der Waals surface area contributed by atoms with Crippen molar-refractivity contribution in [2.45, 2.75) is 25.4 Å². The summed E-state index contributed by atoms with van der Waals surface area (Å²) >= 11 is 0. The van der Waals surface area contributed by atoms with Gasteiger partial charge >= 0.3 is 0 Å². The van der Waals surface area contributed by atoms with E-state index in [1.165, 1.54) is 0 Å². The number of nitrogens with zero attached hydrogens (tertiary/aromatic N) is 3. The van der Waals surface area contributed by atoms with E-state index in [0.29, 0.717) is 37.4 Å². The summed E-state index contributed by atoms with van der Waals surface area (Å²) in [6, 6.07) is 3.81. The third-order valence-electron chi connectivity index (χ3n) is 3.97. The number of H-pyrrole nitrogens is 1. The minimum Gasteiger partial charge on any atom is -0.383 e. The summed E-state index contributed by atoms with van der Waals surface area (Å²) in [6.45, 7) is 2.95. The number of rotatable bonds is 2. The second-order valence-corrected chi connectivity index (χ2v) is 5.48. The zero-order valence-electron chi connectivity index (χ0n) is 11.9. The molecule has 0 aromatic carbocycles. The minimum absolute atomic E-state index is 0.126. The van der Waals surface area contributed by atoms with Gasteiger partial charge in [-0.25, -0.2) is 4.98 Å². The molecule has 0 aliphatic carbocycles. The highest BCUT2D eigenvalue weighted by Gasteiger charge is 2.37. The normalized spacial score (nSPS) is 17.7. The second-order valence-electron chi connectivity index (χ2n) is 5.48. The van der Waals surface area contributed by atoms with Crippen LogP contribution >= 0.6 is 0 Å². The number of nitrogens with one attached hydrogen (secondary N) is 1. The van der Waals surface area contributed by atoms with Gasteiger partial charge in [0.05, 0.1) is 5.69 Å². The van der Waals surface area contributed by atoms with Crippen LogP contribution in [0.1, 0.15) is 34.7 Å². The van der Waals surface area contributed by atoms with E-state index in [0.717, 1.165) is 5.56 Å². The molecule has 1 aliphatic heterocycles. The highest BCUT2D eigenvalue weighted by Crippen LogP contribution is 2.31. The first-order chi connectivity index (χ1) is 10.1. The van der Waals surface area contributed by atoms with Crippen molar-refractivity contribution in [2.24, 2.45) is 0 Å². The second kappa shape index (κ2) is 5.29. The van der Waals surface area contributed by atoms with Gasteiger partial charge in [0.1, 0.15) is 5.60 Å². The summed E-state index contributed by atoms with van der Waals surface area (Å²) in [5.74, 6) is 0.216. The van der Waals surface area contributed by atoms with Gasteiger partial charge in [0.25, 0.3) is 5.91 Å². The third-order valence-corrected chi connectivity index (χ3v) is 3.97. The Hall–Kier alpha value is -2.21. The van der Waals surface area contributed by atoms with Crippen molar-refractivity contribution >= 4 is 5.91 Å². The lowest BCUT2D eigenvalue weighted by Crippen LogP contribution is -2.45. The number of carbonyl (C=O) groups excluding carboxylic acids is 1. The number of carbonyl (C=O) groups is 1. The summed E-state index contributed by atoms with van der Waals surface area (Å²) in [4.78, 5) is 25.0. The number of amides is 1. The fraction of sp³-hybridized carbons (Fsp3) is 0.400. The van der Waals surface area contributed by atoms with Crippen molar-refractivity contribution in [1.82, 2.24) is 19.9 Å². The predicted molar refractivity (Wildman–Crippen MR) is 76.6 cm³/mol. The third kappa shape index (κ3) is 2.67. The molecular formula is C15H18N4O2. The van der Waals surface area contributed by atoms with Crippen LogP contribution in [0.4, 0.5) is 0 Å². The number of hydrogen-bond donors (Lipinski definition) is 2. The summed E-state index contributed by atoms with van der Waals surface area (Å²) in [5, 5.41) is 10.7. The Kier molecular flexibility index (Phi) is 3.47. The summed E-state index contributed by atoms with van der Waals surface area (Å²) in [5.41, 5.74) is 0.791. The molecule has 1 amide bonds. The Labute approximate surface area is 122 Å². The van der Waals surface area contributed by atoms with Gasteiger partial charge in [-0.05, 0) is 31.4 Å². The van der Waals surface area contributed by atoms with E-state index in [1.807, 2.05) is 19.1 Å². The number of hydrogen-bond acceptors (Lipinski definition) is 4. The fourth-order valence-electron chi connectivity index (χ4n) is 2.61. The molecule has 21 heavy (non-hydrogen) atoms. The smallest absolute Gasteiger partial charge is 0.289 e. The first kappa shape index (κ1) is 13.8. The molecule has 2 N–H and O–H groups in total. The number of aryl methyl sites for hydroxylation is 1. The van der Waals surface area contributed by atoms with E-state index in [1.54, 1.807) is 23.5 Å². The van der Waals surface area contributed by atoms with Crippen molar-refractivity contribution in [3.8, 4) is 0 Å². The van der Waals surface area contributed by atoms with E-state index in [4.69, 9.17) is 0 Å². The SMILES string of the molecule is Cc1ccc(C2(O)CCN(C(=O)c3ncc[nH]3)CC2)nc1. The average Bonchev–Trinajstić information content (AvgIpc) is 3.02. The number of likely N-dealkylation sites (tertiary alicyclic amines) is 1. The van der Waals surface area contributed by atoms with E-state index in [-0.39, 0.29) is 5.91 Å². The summed E-state index contributed by atoms with van der Waals surface area (Å²) in [6.07, 6.45) is 5.91. The van der Waals surface area contributed by atoms with Gasteiger partial charge in [0.2, 0.25) is 0 Å². The molecule has 0 saturated carbocycles. The molecule has 1 fully saturated rings. The molecule has 6 nitrogen and oxygen atoms in total. The molecule has 0 atom stereocenters. The van der Waals surface area contributed by atoms with Crippen LogP contribution in [-0.4, -0.2) is 44.0 Å². The standard InChI is InChI=1S/C15H18N4O2/c1-11-2-3-12(18-10-11)15(21)4-8-19(9-5-15)14(20)13-16-6-7-17-13/h2-3,6-7,10,21H,4-5,8-9H2,1H3,(H,16,17). The minimum atomic E-state index is -0.951. The van der Waals surface area contributed by atoms with Gasteiger partial charge in [-0.2, -0.15) is 0 Å². The van der Waals surface area contributed by atoms with Gasteiger partial charge in [-0.15, -0.1) is 0 Å². The van der Waals surface area contributed by atoms with Gasteiger partial charge in [-0.3, -0.25) is 9.78 Å². The maximum absolute atomic E-state index is 12.2. The molecule has 3 heterocycles. The quantitative estimate of drug-likeness (QED) is 0.870.